The van der Waals surface area contributed by atoms with Crippen LogP contribution in [0.15, 0.2) is 48.5 Å². The monoisotopic (exact) mass is 365 g/mol. The molecule has 138 valence electrons. The maximum Gasteiger partial charge on any atom is 0.226 e. The molecular weight excluding hydrogens is 345 g/mol. The molecule has 5 nitrogen and oxygen atoms in total. The van der Waals surface area contributed by atoms with E-state index < -0.39 is 0 Å². The van der Waals surface area contributed by atoms with Crippen molar-refractivity contribution in [3.05, 3.63) is 76.7 Å². The van der Waals surface area contributed by atoms with E-state index in [1.807, 2.05) is 38.2 Å². The molecule has 27 heavy (non-hydrogen) atoms. The van der Waals surface area contributed by atoms with E-state index in [9.17, 15) is 9.18 Å². The van der Waals surface area contributed by atoms with Gasteiger partial charge in [0.25, 0.3) is 0 Å². The fraction of sp³-hybridized carbons (Fsp3) is 0.238. The van der Waals surface area contributed by atoms with E-state index in [2.05, 4.69) is 10.4 Å². The van der Waals surface area contributed by atoms with Crippen LogP contribution in [0, 0.1) is 12.7 Å². The van der Waals surface area contributed by atoms with Crippen molar-refractivity contribution in [1.82, 2.24) is 9.78 Å². The molecule has 0 spiro atoms. The van der Waals surface area contributed by atoms with Crippen LogP contribution < -0.4 is 10.1 Å². The van der Waals surface area contributed by atoms with Crippen LogP contribution in [0.2, 0.25) is 0 Å². The summed E-state index contributed by atoms with van der Waals surface area (Å²) in [6.07, 6.45) is 0.384. The average Bonchev–Trinajstić information content (AvgIpc) is 2.94. The minimum Gasteiger partial charge on any atom is -0.489 e. The van der Waals surface area contributed by atoms with E-state index in [0.29, 0.717) is 17.7 Å². The van der Waals surface area contributed by atoms with Gasteiger partial charge < -0.3 is 10.1 Å². The molecular formula is C21H20FN3O2. The Labute approximate surface area is 156 Å². The van der Waals surface area contributed by atoms with Crippen LogP contribution in [0.3, 0.4) is 0 Å². The maximum atomic E-state index is 13.7. The van der Waals surface area contributed by atoms with Gasteiger partial charge in [-0.15, -0.1) is 0 Å². The number of nitrogens with one attached hydrogen (secondary N) is 1. The van der Waals surface area contributed by atoms with Crippen LogP contribution in [-0.4, -0.2) is 15.7 Å². The summed E-state index contributed by atoms with van der Waals surface area (Å²) in [4.78, 5) is 12.1. The summed E-state index contributed by atoms with van der Waals surface area (Å²) in [7, 11) is 1.83. The zero-order valence-electron chi connectivity index (χ0n) is 15.2. The van der Waals surface area contributed by atoms with E-state index in [0.717, 1.165) is 22.6 Å². The van der Waals surface area contributed by atoms with Crippen molar-refractivity contribution in [2.24, 2.45) is 7.05 Å². The highest BCUT2D eigenvalue weighted by atomic mass is 19.1. The Kier molecular flexibility index (Phi) is 4.39. The van der Waals surface area contributed by atoms with Gasteiger partial charge in [0.15, 0.2) is 0 Å². The number of ether oxygens (including phenoxy) is 1. The van der Waals surface area contributed by atoms with Crippen LogP contribution in [0.25, 0.3) is 0 Å². The Hall–Kier alpha value is -3.15. The number of aryl methyl sites for hydroxylation is 2. The van der Waals surface area contributed by atoms with E-state index in [1.165, 1.54) is 6.07 Å². The highest BCUT2D eigenvalue weighted by Crippen LogP contribution is 2.39. The fourth-order valence-corrected chi connectivity index (χ4v) is 3.57. The number of benzene rings is 2. The zero-order chi connectivity index (χ0) is 19.0. The first-order valence-corrected chi connectivity index (χ1v) is 8.82. The molecule has 4 rings (SSSR count). The third kappa shape index (κ3) is 3.30. The average molecular weight is 365 g/mol. The molecule has 1 atom stereocenters. The summed E-state index contributed by atoms with van der Waals surface area (Å²) < 4.78 is 21.1. The van der Waals surface area contributed by atoms with E-state index in [4.69, 9.17) is 4.74 Å². The number of anilines is 1. The van der Waals surface area contributed by atoms with E-state index >= 15 is 0 Å². The van der Waals surface area contributed by atoms with Crippen molar-refractivity contribution in [1.29, 1.82) is 0 Å². The Morgan fingerprint density at radius 1 is 1.22 bits per heavy atom. The number of nitrogens with zero attached hydrogens (tertiary/aromatic N) is 2. The molecule has 0 radical (unpaired) electrons. The molecule has 1 aliphatic rings. The van der Waals surface area contributed by atoms with E-state index in [1.54, 1.807) is 22.9 Å². The topological polar surface area (TPSA) is 56.2 Å². The second-order valence-electron chi connectivity index (χ2n) is 6.73. The third-order valence-electron chi connectivity index (χ3n) is 4.90. The van der Waals surface area contributed by atoms with Crippen molar-refractivity contribution in [2.75, 3.05) is 5.32 Å². The normalized spacial score (nSPS) is 16.0. The number of rotatable bonds is 4. The van der Waals surface area contributed by atoms with Gasteiger partial charge in [0, 0.05) is 30.5 Å². The molecule has 0 bridgehead atoms. The molecule has 3 aromatic rings. The number of hydrogen-bond donors (Lipinski definition) is 1. The molecule has 1 N–H and O–H groups in total. The molecule has 0 saturated heterocycles. The van der Waals surface area contributed by atoms with Gasteiger partial charge in [0.05, 0.1) is 5.69 Å². The van der Waals surface area contributed by atoms with Crippen molar-refractivity contribution in [3.8, 4) is 5.75 Å². The lowest BCUT2D eigenvalue weighted by molar-refractivity contribution is -0.116. The zero-order valence-corrected chi connectivity index (χ0v) is 15.2. The minimum atomic E-state index is -0.276. The van der Waals surface area contributed by atoms with Crippen LogP contribution in [0.4, 0.5) is 10.2 Å². The van der Waals surface area contributed by atoms with E-state index in [-0.39, 0.29) is 24.2 Å². The Morgan fingerprint density at radius 3 is 2.70 bits per heavy atom. The van der Waals surface area contributed by atoms with Gasteiger partial charge in [-0.1, -0.05) is 30.3 Å². The molecule has 2 heterocycles. The standard InChI is InChI=1S/C21H20FN3O2/c1-13-20-17(11-19(26)23-21(20)25(2)24-13)14-7-9-16(10-8-14)27-12-15-5-3-4-6-18(15)22/h3-10,17H,11-12H2,1-2H3,(H,23,26)/t17-/m1/s1. The van der Waals surface area contributed by atoms with Crippen LogP contribution in [-0.2, 0) is 18.4 Å². The number of halogens is 1. The lowest BCUT2D eigenvalue weighted by Gasteiger charge is -2.24. The number of carbonyl (C=O) groups is 1. The van der Waals surface area contributed by atoms with Gasteiger partial charge in [0.1, 0.15) is 24.0 Å². The number of carbonyl (C=O) groups excluding carboxylic acids is 1. The number of aromatic nitrogens is 2. The number of fused-ring (bicyclic) bond motifs is 1. The summed E-state index contributed by atoms with van der Waals surface area (Å²) >= 11 is 0. The Bertz CT molecular complexity index is 995. The Morgan fingerprint density at radius 2 is 1.96 bits per heavy atom. The van der Waals surface area contributed by atoms with Crippen molar-refractivity contribution in [3.63, 3.8) is 0 Å². The second kappa shape index (κ2) is 6.87. The number of amides is 1. The molecule has 0 unspecified atom stereocenters. The van der Waals surface area contributed by atoms with Gasteiger partial charge in [-0.2, -0.15) is 5.10 Å². The molecule has 0 aliphatic carbocycles. The fourth-order valence-electron chi connectivity index (χ4n) is 3.57. The largest absolute Gasteiger partial charge is 0.489 e. The van der Waals surface area contributed by atoms with Crippen molar-refractivity contribution in [2.45, 2.75) is 25.9 Å². The van der Waals surface area contributed by atoms with Gasteiger partial charge in [-0.05, 0) is 30.7 Å². The minimum absolute atomic E-state index is 0.0182. The molecule has 1 aliphatic heterocycles. The van der Waals surface area contributed by atoms with Crippen molar-refractivity contribution < 1.29 is 13.9 Å². The first kappa shape index (κ1) is 17.3. The number of hydrogen-bond acceptors (Lipinski definition) is 3. The van der Waals surface area contributed by atoms with Gasteiger partial charge in [-0.3, -0.25) is 9.48 Å². The first-order chi connectivity index (χ1) is 13.0. The smallest absolute Gasteiger partial charge is 0.226 e. The van der Waals surface area contributed by atoms with Gasteiger partial charge in [0.2, 0.25) is 5.91 Å². The highest BCUT2D eigenvalue weighted by Gasteiger charge is 2.31. The molecule has 6 heteroatoms. The van der Waals surface area contributed by atoms with Gasteiger partial charge >= 0.3 is 0 Å². The van der Waals surface area contributed by atoms with Crippen LogP contribution >= 0.6 is 0 Å². The summed E-state index contributed by atoms with van der Waals surface area (Å²) in [5.74, 6) is 1.08. The summed E-state index contributed by atoms with van der Waals surface area (Å²) in [5, 5.41) is 7.34. The predicted molar refractivity (Wildman–Crippen MR) is 100 cm³/mol. The first-order valence-electron chi connectivity index (χ1n) is 8.82. The lowest BCUT2D eigenvalue weighted by Crippen LogP contribution is -2.24. The van der Waals surface area contributed by atoms with Crippen LogP contribution in [0.1, 0.15) is 34.7 Å². The summed E-state index contributed by atoms with van der Waals surface area (Å²) in [6.45, 7) is 2.12. The molecule has 0 fully saturated rings. The van der Waals surface area contributed by atoms with Crippen molar-refractivity contribution >= 4 is 11.7 Å². The Balaban J connectivity index is 1.55. The SMILES string of the molecule is Cc1nn(C)c2c1[C@@H](c1ccc(OCc3ccccc3F)cc1)CC(=O)N2. The maximum absolute atomic E-state index is 13.7. The predicted octanol–water partition coefficient (Wildman–Crippen LogP) is 3.92. The summed E-state index contributed by atoms with van der Waals surface area (Å²) in [6, 6.07) is 14.2. The molecule has 0 saturated carbocycles. The molecule has 1 aromatic heterocycles. The highest BCUT2D eigenvalue weighted by molar-refractivity contribution is 5.94. The summed E-state index contributed by atoms with van der Waals surface area (Å²) in [5.41, 5.74) is 3.51. The van der Waals surface area contributed by atoms with Crippen LogP contribution in [0.5, 0.6) is 5.75 Å². The second-order valence-corrected chi connectivity index (χ2v) is 6.73. The lowest BCUT2D eigenvalue weighted by atomic mass is 9.86. The third-order valence-corrected chi connectivity index (χ3v) is 4.90. The molecule has 1 amide bonds. The van der Waals surface area contributed by atoms with Gasteiger partial charge in [-0.25, -0.2) is 4.39 Å². The quantitative estimate of drug-likeness (QED) is 0.762. The molecule has 2 aromatic carbocycles.